The van der Waals surface area contributed by atoms with Gasteiger partial charge in [-0.15, -0.1) is 0 Å². The van der Waals surface area contributed by atoms with Crippen molar-refractivity contribution in [3.63, 3.8) is 0 Å². The van der Waals surface area contributed by atoms with Crippen LogP contribution >= 0.6 is 0 Å². The van der Waals surface area contributed by atoms with E-state index in [1.807, 2.05) is 27.7 Å². The Morgan fingerprint density at radius 2 is 1.65 bits per heavy atom. The molecule has 0 aliphatic heterocycles. The van der Waals surface area contributed by atoms with Crippen molar-refractivity contribution in [2.45, 2.75) is 40.7 Å². The molecular formula is C12H25N3O2. The van der Waals surface area contributed by atoms with Gasteiger partial charge in [-0.2, -0.15) is 0 Å². The van der Waals surface area contributed by atoms with Crippen LogP contribution in [0.5, 0.6) is 0 Å². The quantitative estimate of drug-likeness (QED) is 0.736. The SMILES string of the molecule is CCN(CC)C(=O)NC(C)C(=O)NCC(C)C. The lowest BCUT2D eigenvalue weighted by Crippen LogP contribution is -2.50. The topological polar surface area (TPSA) is 61.4 Å². The summed E-state index contributed by atoms with van der Waals surface area (Å²) in [5, 5.41) is 5.47. The molecule has 0 aromatic carbocycles. The number of hydrogen-bond donors (Lipinski definition) is 2. The summed E-state index contributed by atoms with van der Waals surface area (Å²) in [6.45, 7) is 11.5. The minimum absolute atomic E-state index is 0.140. The summed E-state index contributed by atoms with van der Waals surface area (Å²) in [4.78, 5) is 25.0. The second-order valence-electron chi connectivity index (χ2n) is 4.48. The van der Waals surface area contributed by atoms with Crippen molar-refractivity contribution in [1.82, 2.24) is 15.5 Å². The number of urea groups is 1. The van der Waals surface area contributed by atoms with Crippen molar-refractivity contribution in [3.8, 4) is 0 Å². The molecule has 0 aromatic rings. The molecule has 1 atom stereocenters. The number of nitrogens with one attached hydrogen (secondary N) is 2. The standard InChI is InChI=1S/C12H25N3O2/c1-6-15(7-2)12(17)14-10(5)11(16)13-8-9(3)4/h9-10H,6-8H2,1-5H3,(H,13,16)(H,14,17). The molecule has 100 valence electrons. The molecule has 1 unspecified atom stereocenters. The number of carbonyl (C=O) groups excluding carboxylic acids is 2. The molecular weight excluding hydrogens is 218 g/mol. The van der Waals surface area contributed by atoms with Gasteiger partial charge in [0.25, 0.3) is 0 Å². The van der Waals surface area contributed by atoms with Gasteiger partial charge in [-0.1, -0.05) is 13.8 Å². The Morgan fingerprint density at radius 3 is 2.06 bits per heavy atom. The first-order chi connectivity index (χ1) is 7.92. The highest BCUT2D eigenvalue weighted by molar-refractivity contribution is 5.86. The number of amides is 3. The smallest absolute Gasteiger partial charge is 0.318 e. The Morgan fingerprint density at radius 1 is 1.12 bits per heavy atom. The molecule has 0 heterocycles. The number of nitrogens with zero attached hydrogens (tertiary/aromatic N) is 1. The van der Waals surface area contributed by atoms with E-state index in [2.05, 4.69) is 10.6 Å². The fourth-order valence-corrected chi connectivity index (χ4v) is 1.31. The lowest BCUT2D eigenvalue weighted by molar-refractivity contribution is -0.122. The molecule has 3 amide bonds. The monoisotopic (exact) mass is 243 g/mol. The van der Waals surface area contributed by atoms with Crippen molar-refractivity contribution >= 4 is 11.9 Å². The van der Waals surface area contributed by atoms with Gasteiger partial charge in [-0.05, 0) is 26.7 Å². The van der Waals surface area contributed by atoms with Crippen molar-refractivity contribution in [3.05, 3.63) is 0 Å². The highest BCUT2D eigenvalue weighted by Crippen LogP contribution is 1.92. The Balaban J connectivity index is 4.10. The van der Waals surface area contributed by atoms with Gasteiger partial charge in [0, 0.05) is 19.6 Å². The van der Waals surface area contributed by atoms with E-state index in [0.717, 1.165) is 0 Å². The summed E-state index contributed by atoms with van der Waals surface area (Å²) in [7, 11) is 0. The zero-order valence-electron chi connectivity index (χ0n) is 11.5. The molecule has 0 saturated carbocycles. The van der Waals surface area contributed by atoms with Crippen LogP contribution in [0.1, 0.15) is 34.6 Å². The van der Waals surface area contributed by atoms with E-state index < -0.39 is 6.04 Å². The maximum Gasteiger partial charge on any atom is 0.318 e. The number of carbonyl (C=O) groups is 2. The second kappa shape index (κ2) is 7.92. The van der Waals surface area contributed by atoms with E-state index in [1.54, 1.807) is 11.8 Å². The zero-order valence-corrected chi connectivity index (χ0v) is 11.5. The average molecular weight is 243 g/mol. The van der Waals surface area contributed by atoms with Crippen molar-refractivity contribution in [2.75, 3.05) is 19.6 Å². The molecule has 0 bridgehead atoms. The summed E-state index contributed by atoms with van der Waals surface area (Å²) in [6, 6.07) is -0.691. The van der Waals surface area contributed by atoms with Crippen molar-refractivity contribution in [2.24, 2.45) is 5.92 Å². The molecule has 17 heavy (non-hydrogen) atoms. The Bertz CT molecular complexity index is 250. The Labute approximate surface area is 104 Å². The van der Waals surface area contributed by atoms with Crippen LogP contribution < -0.4 is 10.6 Å². The maximum absolute atomic E-state index is 11.7. The molecule has 0 aliphatic carbocycles. The number of rotatable bonds is 6. The molecule has 0 fully saturated rings. The fourth-order valence-electron chi connectivity index (χ4n) is 1.31. The third-order valence-corrected chi connectivity index (χ3v) is 2.47. The predicted molar refractivity (Wildman–Crippen MR) is 68.8 cm³/mol. The van der Waals surface area contributed by atoms with Gasteiger partial charge in [0.2, 0.25) is 5.91 Å². The van der Waals surface area contributed by atoms with E-state index in [0.29, 0.717) is 25.6 Å². The lowest BCUT2D eigenvalue weighted by Gasteiger charge is -2.22. The van der Waals surface area contributed by atoms with Crippen molar-refractivity contribution in [1.29, 1.82) is 0 Å². The molecule has 0 aromatic heterocycles. The normalized spacial score (nSPS) is 12.1. The van der Waals surface area contributed by atoms with E-state index in [-0.39, 0.29) is 11.9 Å². The maximum atomic E-state index is 11.7. The zero-order chi connectivity index (χ0) is 13.4. The second-order valence-corrected chi connectivity index (χ2v) is 4.48. The molecule has 5 heteroatoms. The molecule has 0 rings (SSSR count). The molecule has 0 spiro atoms. The van der Waals surface area contributed by atoms with Crippen LogP contribution in [0.3, 0.4) is 0 Å². The van der Waals surface area contributed by atoms with E-state index in [9.17, 15) is 9.59 Å². The minimum Gasteiger partial charge on any atom is -0.354 e. The van der Waals surface area contributed by atoms with Gasteiger partial charge < -0.3 is 15.5 Å². The highest BCUT2D eigenvalue weighted by atomic mass is 16.2. The number of hydrogen-bond acceptors (Lipinski definition) is 2. The molecule has 5 nitrogen and oxygen atoms in total. The van der Waals surface area contributed by atoms with Crippen LogP contribution in [0, 0.1) is 5.92 Å². The van der Waals surface area contributed by atoms with Gasteiger partial charge in [0.15, 0.2) is 0 Å². The lowest BCUT2D eigenvalue weighted by atomic mass is 10.2. The van der Waals surface area contributed by atoms with Crippen LogP contribution in [0.15, 0.2) is 0 Å². The van der Waals surface area contributed by atoms with E-state index >= 15 is 0 Å². The fraction of sp³-hybridized carbons (Fsp3) is 0.833. The molecule has 0 aliphatic rings. The first-order valence-electron chi connectivity index (χ1n) is 6.25. The highest BCUT2D eigenvalue weighted by Gasteiger charge is 2.17. The van der Waals surface area contributed by atoms with E-state index in [1.165, 1.54) is 0 Å². The van der Waals surface area contributed by atoms with Gasteiger partial charge in [-0.25, -0.2) is 4.79 Å². The Kier molecular flexibility index (Phi) is 7.34. The van der Waals surface area contributed by atoms with Crippen LogP contribution in [-0.2, 0) is 4.79 Å². The molecule has 2 N–H and O–H groups in total. The minimum atomic E-state index is -0.498. The van der Waals surface area contributed by atoms with Gasteiger partial charge in [-0.3, -0.25) is 4.79 Å². The van der Waals surface area contributed by atoms with Crippen LogP contribution in [0.25, 0.3) is 0 Å². The van der Waals surface area contributed by atoms with E-state index in [4.69, 9.17) is 0 Å². The van der Waals surface area contributed by atoms with Gasteiger partial charge >= 0.3 is 6.03 Å². The van der Waals surface area contributed by atoms with Crippen LogP contribution in [0.4, 0.5) is 4.79 Å². The average Bonchev–Trinajstić information content (AvgIpc) is 2.27. The largest absolute Gasteiger partial charge is 0.354 e. The summed E-state index contributed by atoms with van der Waals surface area (Å²) >= 11 is 0. The molecule has 0 saturated heterocycles. The van der Waals surface area contributed by atoms with Gasteiger partial charge in [0.05, 0.1) is 0 Å². The third-order valence-electron chi connectivity index (χ3n) is 2.47. The third kappa shape index (κ3) is 6.14. The van der Waals surface area contributed by atoms with Crippen LogP contribution in [0.2, 0.25) is 0 Å². The predicted octanol–water partition coefficient (Wildman–Crippen LogP) is 1.20. The summed E-state index contributed by atoms with van der Waals surface area (Å²) in [5.41, 5.74) is 0. The summed E-state index contributed by atoms with van der Waals surface area (Å²) < 4.78 is 0. The summed E-state index contributed by atoms with van der Waals surface area (Å²) in [6.07, 6.45) is 0. The molecule has 0 radical (unpaired) electrons. The van der Waals surface area contributed by atoms with Crippen molar-refractivity contribution < 1.29 is 9.59 Å². The Hall–Kier alpha value is -1.26. The first-order valence-corrected chi connectivity index (χ1v) is 6.25. The van der Waals surface area contributed by atoms with Gasteiger partial charge in [0.1, 0.15) is 6.04 Å². The van der Waals surface area contributed by atoms with Crippen LogP contribution in [-0.4, -0.2) is 42.5 Å². The summed E-state index contributed by atoms with van der Waals surface area (Å²) in [5.74, 6) is 0.267. The first kappa shape index (κ1) is 15.7.